The zero-order valence-electron chi connectivity index (χ0n) is 23.2. The Morgan fingerprint density at radius 1 is 0.976 bits per heavy atom. The fourth-order valence-corrected chi connectivity index (χ4v) is 8.15. The summed E-state index contributed by atoms with van der Waals surface area (Å²) in [4.78, 5) is 36.5. The van der Waals surface area contributed by atoms with Gasteiger partial charge in [-0.3, -0.25) is 9.69 Å². The molecule has 6 nitrogen and oxygen atoms in total. The van der Waals surface area contributed by atoms with Gasteiger partial charge in [0.05, 0.1) is 27.9 Å². The summed E-state index contributed by atoms with van der Waals surface area (Å²) in [7, 11) is 0. The lowest BCUT2D eigenvalue weighted by atomic mass is 10.1. The van der Waals surface area contributed by atoms with Crippen LogP contribution in [0.2, 0.25) is 0 Å². The second-order valence-electron chi connectivity index (χ2n) is 9.93. The molecule has 2 N–H and O–H groups in total. The van der Waals surface area contributed by atoms with Gasteiger partial charge in [-0.15, -0.1) is 34.9 Å². The molecular weight excluding hydrogens is 581 g/mol. The van der Waals surface area contributed by atoms with Gasteiger partial charge in [-0.05, 0) is 43.7 Å². The summed E-state index contributed by atoms with van der Waals surface area (Å²) < 4.78 is 0. The number of aryl methyl sites for hydroxylation is 1. The third-order valence-electron chi connectivity index (χ3n) is 7.06. The second kappa shape index (κ2) is 12.6. The predicted molar refractivity (Wildman–Crippen MR) is 177 cm³/mol. The van der Waals surface area contributed by atoms with Gasteiger partial charge in [0.15, 0.2) is 5.13 Å². The van der Waals surface area contributed by atoms with Crippen molar-refractivity contribution in [2.75, 3.05) is 15.5 Å². The number of para-hydroxylation sites is 1. The van der Waals surface area contributed by atoms with Crippen LogP contribution in [0.4, 0.5) is 21.3 Å². The van der Waals surface area contributed by atoms with Crippen LogP contribution in [-0.4, -0.2) is 33.5 Å². The monoisotopic (exact) mass is 610 g/mol. The summed E-state index contributed by atoms with van der Waals surface area (Å²) >= 11 is 4.75. The van der Waals surface area contributed by atoms with Crippen LogP contribution in [0.25, 0.3) is 11.3 Å². The van der Waals surface area contributed by atoms with Crippen molar-refractivity contribution in [2.24, 2.45) is 0 Å². The summed E-state index contributed by atoms with van der Waals surface area (Å²) in [6.07, 6.45) is 8.91. The van der Waals surface area contributed by atoms with Gasteiger partial charge in [-0.25, -0.2) is 9.78 Å². The van der Waals surface area contributed by atoms with E-state index in [1.54, 1.807) is 11.8 Å². The van der Waals surface area contributed by atoms with Crippen molar-refractivity contribution in [1.29, 1.82) is 0 Å². The maximum absolute atomic E-state index is 13.7. The molecule has 0 saturated heterocycles. The van der Waals surface area contributed by atoms with E-state index < -0.39 is 0 Å². The fraction of sp³-hybridized carbons (Fsp3) is 0.182. The molecule has 212 valence electrons. The normalized spacial score (nSPS) is 17.7. The number of hydrogen-bond acceptors (Lipinski definition) is 6. The first-order valence-electron chi connectivity index (χ1n) is 13.8. The zero-order chi connectivity index (χ0) is 29.1. The molecule has 0 saturated carbocycles. The molecule has 1 aromatic heterocycles. The van der Waals surface area contributed by atoms with Crippen molar-refractivity contribution in [3.8, 4) is 11.3 Å². The van der Waals surface area contributed by atoms with Gasteiger partial charge in [0.2, 0.25) is 5.91 Å². The number of amides is 3. The maximum Gasteiger partial charge on any atom is 0.326 e. The average molecular weight is 611 g/mol. The third-order valence-corrected chi connectivity index (χ3v) is 10.6. The van der Waals surface area contributed by atoms with E-state index >= 15 is 0 Å². The number of urea groups is 1. The average Bonchev–Trinajstić information content (AvgIpc) is 3.38. The van der Waals surface area contributed by atoms with Crippen molar-refractivity contribution < 1.29 is 9.59 Å². The molecular formula is C33H30N4O2S3. The zero-order valence-corrected chi connectivity index (χ0v) is 25.6. The van der Waals surface area contributed by atoms with E-state index in [-0.39, 0.29) is 28.5 Å². The van der Waals surface area contributed by atoms with Crippen LogP contribution in [0.15, 0.2) is 113 Å². The molecule has 3 unspecified atom stereocenters. The lowest BCUT2D eigenvalue weighted by molar-refractivity contribution is -0.115. The lowest BCUT2D eigenvalue weighted by Crippen LogP contribution is -2.49. The number of thioether (sulfide) groups is 2. The first-order chi connectivity index (χ1) is 20.5. The van der Waals surface area contributed by atoms with Crippen molar-refractivity contribution >= 4 is 63.3 Å². The van der Waals surface area contributed by atoms with E-state index in [4.69, 9.17) is 4.98 Å². The highest BCUT2D eigenvalue weighted by Crippen LogP contribution is 2.43. The minimum atomic E-state index is -0.314. The largest absolute Gasteiger partial charge is 0.326 e. The second-order valence-corrected chi connectivity index (χ2v) is 13.6. The number of carbonyl (C=O) groups is 2. The summed E-state index contributed by atoms with van der Waals surface area (Å²) in [5, 5.41) is 6.58. The lowest BCUT2D eigenvalue weighted by Gasteiger charge is -2.40. The SMILES string of the molecule is CCC(Sc1cccc(NC(=O)N2c3ccccc3SC3C=CC=CC32)c1)C(=O)Nc1nc(-c2ccccc2)c(C)s1. The molecule has 0 fully saturated rings. The Morgan fingerprint density at radius 2 is 1.76 bits per heavy atom. The number of thiazole rings is 1. The first kappa shape index (κ1) is 28.3. The molecule has 0 bridgehead atoms. The molecule has 2 aliphatic rings. The molecule has 42 heavy (non-hydrogen) atoms. The molecule has 9 heteroatoms. The number of aromatic nitrogens is 1. The Morgan fingerprint density at radius 3 is 2.60 bits per heavy atom. The number of benzene rings is 3. The van der Waals surface area contributed by atoms with Crippen LogP contribution >= 0.6 is 34.9 Å². The van der Waals surface area contributed by atoms with Crippen LogP contribution in [0.3, 0.4) is 0 Å². The minimum Gasteiger partial charge on any atom is -0.307 e. The third kappa shape index (κ3) is 6.04. The predicted octanol–water partition coefficient (Wildman–Crippen LogP) is 8.64. The summed E-state index contributed by atoms with van der Waals surface area (Å²) in [6, 6.07) is 25.4. The van der Waals surface area contributed by atoms with Crippen LogP contribution in [0.5, 0.6) is 0 Å². The Hall–Kier alpha value is -3.79. The van der Waals surface area contributed by atoms with E-state index in [9.17, 15) is 9.59 Å². The molecule has 4 aromatic rings. The maximum atomic E-state index is 13.7. The molecule has 3 atom stereocenters. The highest BCUT2D eigenvalue weighted by Gasteiger charge is 2.36. The number of allylic oxidation sites excluding steroid dienone is 2. The van der Waals surface area contributed by atoms with Crippen LogP contribution in [0.1, 0.15) is 18.2 Å². The van der Waals surface area contributed by atoms with Gasteiger partial charge in [0, 0.05) is 25.9 Å². The van der Waals surface area contributed by atoms with Gasteiger partial charge in [0.25, 0.3) is 0 Å². The molecule has 6 rings (SSSR count). The smallest absolute Gasteiger partial charge is 0.307 e. The van der Waals surface area contributed by atoms with Crippen molar-refractivity contribution in [3.05, 3.63) is 108 Å². The number of nitrogens with zero attached hydrogens (tertiary/aromatic N) is 2. The van der Waals surface area contributed by atoms with E-state index in [1.807, 2.05) is 104 Å². The van der Waals surface area contributed by atoms with Crippen LogP contribution < -0.4 is 15.5 Å². The van der Waals surface area contributed by atoms with Gasteiger partial charge in [-0.2, -0.15) is 0 Å². The molecule has 3 aromatic carbocycles. The number of nitrogens with one attached hydrogen (secondary N) is 2. The van der Waals surface area contributed by atoms with Crippen LogP contribution in [0, 0.1) is 6.92 Å². The van der Waals surface area contributed by atoms with Gasteiger partial charge in [0.1, 0.15) is 0 Å². The summed E-state index contributed by atoms with van der Waals surface area (Å²) in [6.45, 7) is 4.02. The number of rotatable bonds is 7. The summed E-state index contributed by atoms with van der Waals surface area (Å²) in [5.41, 5.74) is 3.51. The highest BCUT2D eigenvalue weighted by atomic mass is 32.2. The molecule has 1 aliphatic heterocycles. The van der Waals surface area contributed by atoms with E-state index in [0.717, 1.165) is 31.6 Å². The molecule has 0 spiro atoms. The number of anilines is 3. The minimum absolute atomic E-state index is 0.0717. The quantitative estimate of drug-likeness (QED) is 0.205. The number of carbonyl (C=O) groups excluding carboxylic acids is 2. The van der Waals surface area contributed by atoms with Gasteiger partial charge < -0.3 is 10.6 Å². The van der Waals surface area contributed by atoms with E-state index in [1.165, 1.54) is 23.1 Å². The van der Waals surface area contributed by atoms with E-state index in [0.29, 0.717) is 17.2 Å². The first-order valence-corrected chi connectivity index (χ1v) is 16.4. The highest BCUT2D eigenvalue weighted by molar-refractivity contribution is 8.00. The Balaban J connectivity index is 1.14. The van der Waals surface area contributed by atoms with Crippen LogP contribution in [-0.2, 0) is 4.79 Å². The van der Waals surface area contributed by atoms with Crippen molar-refractivity contribution in [2.45, 2.75) is 46.6 Å². The van der Waals surface area contributed by atoms with Gasteiger partial charge >= 0.3 is 6.03 Å². The Bertz CT molecular complexity index is 1670. The topological polar surface area (TPSA) is 74.3 Å². The van der Waals surface area contributed by atoms with Gasteiger partial charge in [-0.1, -0.05) is 79.8 Å². The molecule has 3 amide bonds. The fourth-order valence-electron chi connectivity index (χ4n) is 5.04. The summed E-state index contributed by atoms with van der Waals surface area (Å²) in [5.74, 6) is -0.0871. The van der Waals surface area contributed by atoms with Crippen molar-refractivity contribution in [3.63, 3.8) is 0 Å². The Labute approximate surface area is 258 Å². The Kier molecular flexibility index (Phi) is 8.51. The molecule has 2 heterocycles. The number of hydrogen-bond donors (Lipinski definition) is 2. The van der Waals surface area contributed by atoms with Crippen molar-refractivity contribution in [1.82, 2.24) is 4.98 Å². The standard InChI is InChI=1S/C33H30N4O2S3/c1-3-27(31(38)36-32-35-30(21(2)40-32)22-12-5-4-6-13-22)41-24-15-11-14-23(20-24)34-33(39)37-25-16-7-9-18-28(25)42-29-19-10-8-17-26(29)37/h4-20,25,27-28H,3H2,1-2H3,(H,34,39)(H,35,36,38). The van der Waals surface area contributed by atoms with E-state index in [2.05, 4.69) is 28.9 Å². The molecule has 0 radical (unpaired) electrons. The number of fused-ring (bicyclic) bond motifs is 2. The molecule has 1 aliphatic carbocycles.